The molecule has 2 aliphatic rings. The molecule has 0 spiro atoms. The zero-order valence-electron chi connectivity index (χ0n) is 6.84. The first-order chi connectivity index (χ1) is 4.84. The summed E-state index contributed by atoms with van der Waals surface area (Å²) in [5.74, 6) is 3.17. The summed E-state index contributed by atoms with van der Waals surface area (Å²) >= 11 is 0. The molecule has 0 heterocycles. The third-order valence-corrected chi connectivity index (χ3v) is 3.14. The molecule has 2 atom stereocenters. The third kappa shape index (κ3) is 1.21. The largest absolute Gasteiger partial charge is 0.0625 e. The molecular formula is C10H17. The highest BCUT2D eigenvalue weighted by Crippen LogP contribution is 2.41. The zero-order valence-corrected chi connectivity index (χ0v) is 6.84. The standard InChI is InChI=1S/C10H17/c1-8-5-9-3-2-4-10(6-8)7-9/h2,8-10H,3-7H2,1H3. The Morgan fingerprint density at radius 3 is 2.20 bits per heavy atom. The van der Waals surface area contributed by atoms with Gasteiger partial charge < -0.3 is 0 Å². The molecule has 0 amide bonds. The SMILES string of the molecule is CC1CC2C[CH]CC(C1)C2. The first-order valence-corrected chi connectivity index (χ1v) is 4.66. The maximum Gasteiger partial charge on any atom is -0.0380 e. The molecule has 0 saturated heterocycles. The summed E-state index contributed by atoms with van der Waals surface area (Å²) < 4.78 is 0. The zero-order chi connectivity index (χ0) is 6.97. The van der Waals surface area contributed by atoms with Crippen molar-refractivity contribution in [3.05, 3.63) is 6.42 Å². The number of hydrogen-bond acceptors (Lipinski definition) is 0. The molecule has 0 N–H and O–H groups in total. The maximum absolute atomic E-state index is 2.52. The van der Waals surface area contributed by atoms with Crippen molar-refractivity contribution in [1.29, 1.82) is 0 Å². The van der Waals surface area contributed by atoms with Crippen molar-refractivity contribution in [3.8, 4) is 0 Å². The van der Waals surface area contributed by atoms with Gasteiger partial charge in [-0.2, -0.15) is 0 Å². The van der Waals surface area contributed by atoms with Crippen LogP contribution in [0.2, 0.25) is 0 Å². The number of fused-ring (bicyclic) bond motifs is 2. The topological polar surface area (TPSA) is 0 Å². The summed E-state index contributed by atoms with van der Waals surface area (Å²) in [6.07, 6.45) is 9.91. The van der Waals surface area contributed by atoms with E-state index in [-0.39, 0.29) is 0 Å². The number of rotatable bonds is 0. The van der Waals surface area contributed by atoms with Crippen molar-refractivity contribution in [2.24, 2.45) is 17.8 Å². The lowest BCUT2D eigenvalue weighted by molar-refractivity contribution is 0.174. The fourth-order valence-corrected chi connectivity index (χ4v) is 2.85. The summed E-state index contributed by atoms with van der Waals surface area (Å²) in [6.45, 7) is 2.42. The van der Waals surface area contributed by atoms with Gasteiger partial charge in [0.15, 0.2) is 0 Å². The van der Waals surface area contributed by atoms with Gasteiger partial charge >= 0.3 is 0 Å². The molecule has 2 unspecified atom stereocenters. The molecule has 10 heavy (non-hydrogen) atoms. The van der Waals surface area contributed by atoms with Gasteiger partial charge in [-0.05, 0) is 56.3 Å². The Kier molecular flexibility index (Phi) is 1.71. The fraction of sp³-hybridized carbons (Fsp3) is 0.900. The third-order valence-electron chi connectivity index (χ3n) is 3.14. The molecular weight excluding hydrogens is 120 g/mol. The molecule has 2 saturated carbocycles. The van der Waals surface area contributed by atoms with Gasteiger partial charge in [0.1, 0.15) is 0 Å². The summed E-state index contributed by atoms with van der Waals surface area (Å²) in [4.78, 5) is 0. The van der Waals surface area contributed by atoms with E-state index in [1.807, 2.05) is 0 Å². The van der Waals surface area contributed by atoms with Crippen LogP contribution in [-0.2, 0) is 0 Å². The van der Waals surface area contributed by atoms with Crippen LogP contribution in [0.1, 0.15) is 39.0 Å². The molecule has 0 nitrogen and oxygen atoms in total. The van der Waals surface area contributed by atoms with Gasteiger partial charge in [0.25, 0.3) is 0 Å². The fourth-order valence-electron chi connectivity index (χ4n) is 2.85. The number of hydrogen-bond donors (Lipinski definition) is 0. The normalized spacial score (nSPS) is 47.1. The second-order valence-corrected chi connectivity index (χ2v) is 4.30. The molecule has 0 aliphatic heterocycles. The van der Waals surface area contributed by atoms with E-state index in [2.05, 4.69) is 13.3 Å². The Morgan fingerprint density at radius 1 is 1.00 bits per heavy atom. The molecule has 2 rings (SSSR count). The lowest BCUT2D eigenvalue weighted by Crippen LogP contribution is -2.25. The molecule has 2 aliphatic carbocycles. The monoisotopic (exact) mass is 137 g/mol. The van der Waals surface area contributed by atoms with Crippen LogP contribution in [0.15, 0.2) is 0 Å². The van der Waals surface area contributed by atoms with E-state index in [0.717, 1.165) is 17.8 Å². The van der Waals surface area contributed by atoms with Gasteiger partial charge in [0.05, 0.1) is 0 Å². The molecule has 2 bridgehead atoms. The van der Waals surface area contributed by atoms with Crippen molar-refractivity contribution >= 4 is 0 Å². The van der Waals surface area contributed by atoms with Gasteiger partial charge in [-0.1, -0.05) is 6.92 Å². The Hall–Kier alpha value is 0. The Morgan fingerprint density at radius 2 is 1.60 bits per heavy atom. The molecule has 0 aromatic heterocycles. The quantitative estimate of drug-likeness (QED) is 0.481. The Labute approximate surface area is 64.0 Å². The van der Waals surface area contributed by atoms with E-state index in [4.69, 9.17) is 0 Å². The first-order valence-electron chi connectivity index (χ1n) is 4.66. The van der Waals surface area contributed by atoms with Gasteiger partial charge in [-0.25, -0.2) is 0 Å². The second kappa shape index (κ2) is 2.56. The van der Waals surface area contributed by atoms with E-state index in [0.29, 0.717) is 0 Å². The van der Waals surface area contributed by atoms with E-state index < -0.39 is 0 Å². The molecule has 57 valence electrons. The summed E-state index contributed by atoms with van der Waals surface area (Å²) in [5, 5.41) is 0. The Balaban J connectivity index is 1.98. The van der Waals surface area contributed by atoms with Crippen molar-refractivity contribution in [1.82, 2.24) is 0 Å². The van der Waals surface area contributed by atoms with Crippen LogP contribution in [0.5, 0.6) is 0 Å². The van der Waals surface area contributed by atoms with Crippen LogP contribution < -0.4 is 0 Å². The minimum Gasteiger partial charge on any atom is -0.0625 e. The van der Waals surface area contributed by atoms with E-state index in [9.17, 15) is 0 Å². The van der Waals surface area contributed by atoms with Crippen LogP contribution in [0.25, 0.3) is 0 Å². The first kappa shape index (κ1) is 6.69. The molecule has 0 aromatic carbocycles. The van der Waals surface area contributed by atoms with E-state index in [1.54, 1.807) is 6.42 Å². The van der Waals surface area contributed by atoms with Crippen LogP contribution in [0.3, 0.4) is 0 Å². The summed E-state index contributed by atoms with van der Waals surface area (Å²) in [5.41, 5.74) is 0. The van der Waals surface area contributed by atoms with Crippen LogP contribution in [0, 0.1) is 24.2 Å². The van der Waals surface area contributed by atoms with Crippen LogP contribution >= 0.6 is 0 Å². The van der Waals surface area contributed by atoms with Crippen LogP contribution in [0.4, 0.5) is 0 Å². The highest BCUT2D eigenvalue weighted by molar-refractivity contribution is 4.88. The lowest BCUT2D eigenvalue weighted by Gasteiger charge is -2.37. The van der Waals surface area contributed by atoms with Crippen molar-refractivity contribution in [3.63, 3.8) is 0 Å². The predicted molar refractivity (Wildman–Crippen MR) is 43.5 cm³/mol. The molecule has 0 aromatic rings. The van der Waals surface area contributed by atoms with Gasteiger partial charge in [-0.15, -0.1) is 0 Å². The van der Waals surface area contributed by atoms with Gasteiger partial charge in [-0.3, -0.25) is 0 Å². The van der Waals surface area contributed by atoms with E-state index in [1.165, 1.54) is 25.7 Å². The minimum atomic E-state index is 1.03. The maximum atomic E-state index is 2.52. The summed E-state index contributed by atoms with van der Waals surface area (Å²) in [6, 6.07) is 0. The molecule has 2 fully saturated rings. The lowest BCUT2D eigenvalue weighted by atomic mass is 9.69. The average Bonchev–Trinajstić information content (AvgIpc) is 1.85. The summed E-state index contributed by atoms with van der Waals surface area (Å²) in [7, 11) is 0. The highest BCUT2D eigenvalue weighted by atomic mass is 14.3. The van der Waals surface area contributed by atoms with Crippen LogP contribution in [-0.4, -0.2) is 0 Å². The van der Waals surface area contributed by atoms with Gasteiger partial charge in [0, 0.05) is 0 Å². The second-order valence-electron chi connectivity index (χ2n) is 4.30. The van der Waals surface area contributed by atoms with Crippen molar-refractivity contribution in [2.75, 3.05) is 0 Å². The molecule has 0 heteroatoms. The van der Waals surface area contributed by atoms with Crippen molar-refractivity contribution < 1.29 is 0 Å². The highest BCUT2D eigenvalue weighted by Gasteiger charge is 2.29. The van der Waals surface area contributed by atoms with Gasteiger partial charge in [0.2, 0.25) is 0 Å². The minimum absolute atomic E-state index is 1.03. The predicted octanol–water partition coefficient (Wildman–Crippen LogP) is 3.04. The van der Waals surface area contributed by atoms with Crippen molar-refractivity contribution in [2.45, 2.75) is 39.0 Å². The smallest absolute Gasteiger partial charge is 0.0380 e. The Bertz CT molecular complexity index is 101. The molecule has 1 radical (unpaired) electrons. The average molecular weight is 137 g/mol. The van der Waals surface area contributed by atoms with E-state index >= 15 is 0 Å².